The van der Waals surface area contributed by atoms with Crippen molar-refractivity contribution in [3.05, 3.63) is 35.1 Å². The number of nitrogens with one attached hydrogen (secondary N) is 1. The second-order valence-electron chi connectivity index (χ2n) is 6.04. The zero-order chi connectivity index (χ0) is 15.6. The van der Waals surface area contributed by atoms with Gasteiger partial charge in [0.05, 0.1) is 0 Å². The number of hydrogen-bond acceptors (Lipinski definition) is 3. The van der Waals surface area contributed by atoms with E-state index < -0.39 is 0 Å². The Bertz CT molecular complexity index is 644. The molecule has 0 saturated heterocycles. The SMILES string of the molecule is Cc1c(C(=O)NC(CN)CC(C)C)oc2c(C)cccc12. The van der Waals surface area contributed by atoms with E-state index in [1.165, 1.54) is 0 Å². The predicted molar refractivity (Wildman–Crippen MR) is 85.5 cm³/mol. The van der Waals surface area contributed by atoms with Crippen molar-refractivity contribution in [3.8, 4) is 0 Å². The maximum absolute atomic E-state index is 12.4. The number of carbonyl (C=O) groups is 1. The summed E-state index contributed by atoms with van der Waals surface area (Å²) < 4.78 is 5.79. The summed E-state index contributed by atoms with van der Waals surface area (Å²) >= 11 is 0. The molecule has 0 aliphatic heterocycles. The largest absolute Gasteiger partial charge is 0.450 e. The highest BCUT2D eigenvalue weighted by Crippen LogP contribution is 2.27. The number of aryl methyl sites for hydroxylation is 2. The fourth-order valence-electron chi connectivity index (χ4n) is 2.63. The highest BCUT2D eigenvalue weighted by Gasteiger charge is 2.21. The molecule has 114 valence electrons. The number of rotatable bonds is 5. The molecule has 0 saturated carbocycles. The summed E-state index contributed by atoms with van der Waals surface area (Å²) in [6.07, 6.45) is 0.862. The van der Waals surface area contributed by atoms with Crippen molar-refractivity contribution in [3.63, 3.8) is 0 Å². The molecular formula is C17H24N2O2. The first-order valence-corrected chi connectivity index (χ1v) is 7.43. The smallest absolute Gasteiger partial charge is 0.287 e. The van der Waals surface area contributed by atoms with E-state index in [9.17, 15) is 4.79 Å². The molecule has 4 heteroatoms. The van der Waals surface area contributed by atoms with Crippen LogP contribution in [0.3, 0.4) is 0 Å². The minimum Gasteiger partial charge on any atom is -0.450 e. The average Bonchev–Trinajstić information content (AvgIpc) is 2.77. The van der Waals surface area contributed by atoms with Crippen molar-refractivity contribution in [1.29, 1.82) is 0 Å². The monoisotopic (exact) mass is 288 g/mol. The molecule has 2 aromatic rings. The summed E-state index contributed by atoms with van der Waals surface area (Å²) in [6.45, 7) is 8.56. The van der Waals surface area contributed by atoms with Gasteiger partial charge >= 0.3 is 0 Å². The van der Waals surface area contributed by atoms with Gasteiger partial charge in [-0.15, -0.1) is 0 Å². The molecule has 1 atom stereocenters. The minimum atomic E-state index is -0.181. The van der Waals surface area contributed by atoms with E-state index in [1.54, 1.807) is 0 Å². The molecule has 1 aromatic heterocycles. The molecule has 2 rings (SSSR count). The Balaban J connectivity index is 2.27. The Kier molecular flexibility index (Phi) is 4.68. The second kappa shape index (κ2) is 6.31. The standard InChI is InChI=1S/C17H24N2O2/c1-10(2)8-13(9-18)19-17(20)16-12(4)14-7-5-6-11(3)15(14)21-16/h5-7,10,13H,8-9,18H2,1-4H3,(H,19,20). The van der Waals surface area contributed by atoms with Crippen molar-refractivity contribution in [1.82, 2.24) is 5.32 Å². The highest BCUT2D eigenvalue weighted by atomic mass is 16.3. The lowest BCUT2D eigenvalue weighted by molar-refractivity contribution is 0.0907. The number of fused-ring (bicyclic) bond motifs is 1. The number of benzene rings is 1. The molecule has 0 bridgehead atoms. The van der Waals surface area contributed by atoms with Gasteiger partial charge in [-0.3, -0.25) is 4.79 Å². The molecule has 0 fully saturated rings. The van der Waals surface area contributed by atoms with Gasteiger partial charge in [0.25, 0.3) is 5.91 Å². The van der Waals surface area contributed by atoms with Crippen LogP contribution in [0.5, 0.6) is 0 Å². The summed E-state index contributed by atoms with van der Waals surface area (Å²) in [6, 6.07) is 5.91. The van der Waals surface area contributed by atoms with Crippen LogP contribution >= 0.6 is 0 Å². The van der Waals surface area contributed by atoms with Gasteiger partial charge < -0.3 is 15.5 Å². The molecular weight excluding hydrogens is 264 g/mol. The molecule has 0 aliphatic rings. The average molecular weight is 288 g/mol. The van der Waals surface area contributed by atoms with Crippen molar-refractivity contribution < 1.29 is 9.21 Å². The zero-order valence-corrected chi connectivity index (χ0v) is 13.2. The first kappa shape index (κ1) is 15.6. The molecule has 1 heterocycles. The summed E-state index contributed by atoms with van der Waals surface area (Å²) in [5.41, 5.74) is 8.44. The molecule has 0 aliphatic carbocycles. The summed E-state index contributed by atoms with van der Waals surface area (Å²) in [7, 11) is 0. The number of nitrogens with two attached hydrogens (primary N) is 1. The summed E-state index contributed by atoms with van der Waals surface area (Å²) in [5, 5.41) is 3.97. The van der Waals surface area contributed by atoms with Gasteiger partial charge in [-0.25, -0.2) is 0 Å². The minimum absolute atomic E-state index is 0.0220. The van der Waals surface area contributed by atoms with E-state index in [2.05, 4.69) is 19.2 Å². The normalized spacial score (nSPS) is 12.9. The Hall–Kier alpha value is -1.81. The third-order valence-electron chi connectivity index (χ3n) is 3.74. The van der Waals surface area contributed by atoms with Crippen molar-refractivity contribution in [2.45, 2.75) is 40.2 Å². The molecule has 0 spiro atoms. The van der Waals surface area contributed by atoms with E-state index in [-0.39, 0.29) is 11.9 Å². The number of amides is 1. The lowest BCUT2D eigenvalue weighted by Crippen LogP contribution is -2.41. The van der Waals surface area contributed by atoms with Crippen LogP contribution in [0.4, 0.5) is 0 Å². The van der Waals surface area contributed by atoms with Crippen LogP contribution in [-0.2, 0) is 0 Å². The van der Waals surface area contributed by atoms with Gasteiger partial charge in [-0.2, -0.15) is 0 Å². The number of hydrogen-bond donors (Lipinski definition) is 2. The van der Waals surface area contributed by atoms with Crippen LogP contribution in [0.1, 0.15) is 41.9 Å². The summed E-state index contributed by atoms with van der Waals surface area (Å²) in [4.78, 5) is 12.4. The van der Waals surface area contributed by atoms with E-state index in [0.29, 0.717) is 18.2 Å². The third kappa shape index (κ3) is 3.27. The van der Waals surface area contributed by atoms with Gasteiger partial charge in [0, 0.05) is 23.5 Å². The Morgan fingerprint density at radius 2 is 2.05 bits per heavy atom. The Morgan fingerprint density at radius 1 is 1.33 bits per heavy atom. The van der Waals surface area contributed by atoms with Gasteiger partial charge in [-0.05, 0) is 31.7 Å². The molecule has 21 heavy (non-hydrogen) atoms. The van der Waals surface area contributed by atoms with E-state index in [1.807, 2.05) is 32.0 Å². The van der Waals surface area contributed by atoms with Crippen LogP contribution < -0.4 is 11.1 Å². The van der Waals surface area contributed by atoms with E-state index in [0.717, 1.165) is 28.5 Å². The molecule has 1 unspecified atom stereocenters. The first-order valence-electron chi connectivity index (χ1n) is 7.43. The zero-order valence-electron chi connectivity index (χ0n) is 13.2. The van der Waals surface area contributed by atoms with Gasteiger partial charge in [0.1, 0.15) is 5.58 Å². The fraction of sp³-hybridized carbons (Fsp3) is 0.471. The molecule has 1 amide bonds. The van der Waals surface area contributed by atoms with Crippen molar-refractivity contribution in [2.24, 2.45) is 11.7 Å². The lowest BCUT2D eigenvalue weighted by atomic mass is 10.0. The van der Waals surface area contributed by atoms with Gasteiger partial charge in [-0.1, -0.05) is 32.0 Å². The van der Waals surface area contributed by atoms with Crippen molar-refractivity contribution >= 4 is 16.9 Å². The Labute approximate surface area is 125 Å². The molecule has 4 nitrogen and oxygen atoms in total. The predicted octanol–water partition coefficient (Wildman–Crippen LogP) is 3.15. The van der Waals surface area contributed by atoms with Crippen LogP contribution in [0, 0.1) is 19.8 Å². The van der Waals surface area contributed by atoms with Crippen LogP contribution in [0.15, 0.2) is 22.6 Å². The number of carbonyl (C=O) groups excluding carboxylic acids is 1. The first-order chi connectivity index (χ1) is 9.93. The summed E-state index contributed by atoms with van der Waals surface area (Å²) in [5.74, 6) is 0.693. The number of furan rings is 1. The second-order valence-corrected chi connectivity index (χ2v) is 6.04. The van der Waals surface area contributed by atoms with Crippen molar-refractivity contribution in [2.75, 3.05) is 6.54 Å². The maximum Gasteiger partial charge on any atom is 0.287 e. The third-order valence-corrected chi connectivity index (χ3v) is 3.74. The molecule has 3 N–H and O–H groups in total. The fourth-order valence-corrected chi connectivity index (χ4v) is 2.63. The Morgan fingerprint density at radius 3 is 2.62 bits per heavy atom. The van der Waals surface area contributed by atoms with Crippen LogP contribution in [-0.4, -0.2) is 18.5 Å². The molecule has 1 aromatic carbocycles. The van der Waals surface area contributed by atoms with E-state index in [4.69, 9.17) is 10.2 Å². The quantitative estimate of drug-likeness (QED) is 0.888. The maximum atomic E-state index is 12.4. The van der Waals surface area contributed by atoms with Gasteiger partial charge in [0.15, 0.2) is 5.76 Å². The van der Waals surface area contributed by atoms with Crippen LogP contribution in [0.2, 0.25) is 0 Å². The highest BCUT2D eigenvalue weighted by molar-refractivity contribution is 5.99. The molecule has 0 radical (unpaired) electrons. The van der Waals surface area contributed by atoms with Crippen LogP contribution in [0.25, 0.3) is 11.0 Å². The topological polar surface area (TPSA) is 68.3 Å². The van der Waals surface area contributed by atoms with Gasteiger partial charge in [0.2, 0.25) is 0 Å². The lowest BCUT2D eigenvalue weighted by Gasteiger charge is -2.18. The number of para-hydroxylation sites is 1. The van der Waals surface area contributed by atoms with E-state index >= 15 is 0 Å².